The minimum Gasteiger partial charge on any atom is -0.478 e. The molecule has 2 aromatic rings. The summed E-state index contributed by atoms with van der Waals surface area (Å²) >= 11 is 9.12. The second kappa shape index (κ2) is 5.42. The molecule has 0 aliphatic rings. The summed E-state index contributed by atoms with van der Waals surface area (Å²) in [5.41, 5.74) is 0.195. The number of rotatable bonds is 3. The van der Waals surface area contributed by atoms with E-state index in [1.807, 2.05) is 0 Å². The van der Waals surface area contributed by atoms with Gasteiger partial charge in [0.25, 0.3) is 0 Å². The molecule has 3 nitrogen and oxygen atoms in total. The van der Waals surface area contributed by atoms with E-state index in [-0.39, 0.29) is 5.56 Å². The van der Waals surface area contributed by atoms with Crippen LogP contribution in [0.3, 0.4) is 0 Å². The van der Waals surface area contributed by atoms with Gasteiger partial charge in [-0.05, 0) is 52.3 Å². The van der Waals surface area contributed by atoms with Gasteiger partial charge in [-0.2, -0.15) is 0 Å². The van der Waals surface area contributed by atoms with Crippen LogP contribution in [0.25, 0.3) is 0 Å². The molecule has 0 aliphatic carbocycles. The van der Waals surface area contributed by atoms with Gasteiger partial charge in [0, 0.05) is 5.02 Å². The number of carboxylic acids is 1. The average Bonchev–Trinajstić information content (AvgIpc) is 2.31. The first-order valence-corrected chi connectivity index (χ1v) is 6.19. The van der Waals surface area contributed by atoms with Crippen LogP contribution < -0.4 is 4.74 Å². The van der Waals surface area contributed by atoms with Gasteiger partial charge >= 0.3 is 5.97 Å². The number of carboxylic acid groups (broad SMARTS) is 1. The Morgan fingerprint density at radius 1 is 1.22 bits per heavy atom. The van der Waals surface area contributed by atoms with Crippen LogP contribution in [0.2, 0.25) is 5.02 Å². The summed E-state index contributed by atoms with van der Waals surface area (Å²) in [6.45, 7) is 0. The van der Waals surface area contributed by atoms with Crippen molar-refractivity contribution in [1.29, 1.82) is 0 Å². The highest BCUT2D eigenvalue weighted by Gasteiger charge is 2.08. The van der Waals surface area contributed by atoms with E-state index in [1.54, 1.807) is 30.3 Å². The van der Waals surface area contributed by atoms with Crippen LogP contribution in [0.15, 0.2) is 46.9 Å². The number of hydrogen-bond donors (Lipinski definition) is 1. The van der Waals surface area contributed by atoms with E-state index in [1.165, 1.54) is 12.1 Å². The molecule has 0 bridgehead atoms. The van der Waals surface area contributed by atoms with Crippen molar-refractivity contribution in [2.24, 2.45) is 0 Å². The average molecular weight is 328 g/mol. The first kappa shape index (κ1) is 12.9. The first-order chi connectivity index (χ1) is 8.56. The maximum atomic E-state index is 10.8. The molecule has 0 radical (unpaired) electrons. The van der Waals surface area contributed by atoms with Crippen LogP contribution in [0.4, 0.5) is 0 Å². The van der Waals surface area contributed by atoms with E-state index < -0.39 is 5.97 Å². The number of benzene rings is 2. The summed E-state index contributed by atoms with van der Waals surface area (Å²) in [5.74, 6) is 0.138. The van der Waals surface area contributed by atoms with E-state index >= 15 is 0 Å². The second-order valence-corrected chi connectivity index (χ2v) is 4.80. The fourth-order valence-corrected chi connectivity index (χ4v) is 2.01. The Morgan fingerprint density at radius 2 is 2.00 bits per heavy atom. The van der Waals surface area contributed by atoms with Gasteiger partial charge in [0.05, 0.1) is 10.0 Å². The fraction of sp³-hybridized carbons (Fsp3) is 0. The molecule has 5 heteroatoms. The van der Waals surface area contributed by atoms with Gasteiger partial charge in [-0.15, -0.1) is 0 Å². The zero-order valence-corrected chi connectivity index (χ0v) is 11.4. The van der Waals surface area contributed by atoms with E-state index in [2.05, 4.69) is 15.9 Å². The minimum absolute atomic E-state index is 0.195. The number of hydrogen-bond acceptors (Lipinski definition) is 2. The quantitative estimate of drug-likeness (QED) is 0.896. The Hall–Kier alpha value is -1.52. The van der Waals surface area contributed by atoms with E-state index in [4.69, 9.17) is 21.4 Å². The fourth-order valence-electron chi connectivity index (χ4n) is 1.37. The lowest BCUT2D eigenvalue weighted by atomic mass is 10.2. The molecule has 0 amide bonds. The molecule has 0 saturated heterocycles. The normalized spacial score (nSPS) is 10.1. The highest BCUT2D eigenvalue weighted by atomic mass is 79.9. The largest absolute Gasteiger partial charge is 0.478 e. The third-order valence-corrected chi connectivity index (χ3v) is 3.06. The molecule has 0 fully saturated rings. The number of aromatic carboxylic acids is 1. The molecule has 2 aromatic carbocycles. The molecule has 0 saturated carbocycles. The first-order valence-electron chi connectivity index (χ1n) is 5.02. The Morgan fingerprint density at radius 3 is 2.61 bits per heavy atom. The van der Waals surface area contributed by atoms with Gasteiger partial charge in [0.15, 0.2) is 0 Å². The molecule has 0 unspecified atom stereocenters. The molecule has 18 heavy (non-hydrogen) atoms. The molecular formula is C13H8BrClO3. The Labute approximate surface area is 117 Å². The summed E-state index contributed by atoms with van der Waals surface area (Å²) in [7, 11) is 0. The summed E-state index contributed by atoms with van der Waals surface area (Å²) in [6, 6.07) is 11.5. The topological polar surface area (TPSA) is 46.5 Å². The van der Waals surface area contributed by atoms with Crippen LogP contribution in [0.1, 0.15) is 10.4 Å². The predicted molar refractivity (Wildman–Crippen MR) is 72.6 cm³/mol. The Bertz CT molecular complexity index is 599. The highest BCUT2D eigenvalue weighted by molar-refractivity contribution is 9.10. The molecule has 1 N–H and O–H groups in total. The smallest absolute Gasteiger partial charge is 0.335 e. The van der Waals surface area contributed by atoms with Crippen LogP contribution in [0.5, 0.6) is 11.5 Å². The van der Waals surface area contributed by atoms with Gasteiger partial charge in [0.2, 0.25) is 0 Å². The van der Waals surface area contributed by atoms with Gasteiger partial charge in [-0.1, -0.05) is 17.7 Å². The van der Waals surface area contributed by atoms with Gasteiger partial charge in [0.1, 0.15) is 11.5 Å². The van der Waals surface area contributed by atoms with Crippen molar-refractivity contribution in [3.05, 3.63) is 57.5 Å². The molecule has 2 rings (SSSR count). The van der Waals surface area contributed by atoms with Gasteiger partial charge in [-0.3, -0.25) is 0 Å². The standard InChI is InChI=1S/C13H8BrClO3/c14-11-6-8(13(16)17)4-5-12(11)18-10-3-1-2-9(15)7-10/h1-7H,(H,16,17). The van der Waals surface area contributed by atoms with Crippen LogP contribution in [-0.2, 0) is 0 Å². The van der Waals surface area contributed by atoms with Crippen LogP contribution in [-0.4, -0.2) is 11.1 Å². The van der Waals surface area contributed by atoms with Crippen molar-refractivity contribution in [2.75, 3.05) is 0 Å². The van der Waals surface area contributed by atoms with E-state index in [9.17, 15) is 4.79 Å². The minimum atomic E-state index is -0.981. The molecule has 0 heterocycles. The number of carbonyl (C=O) groups is 1. The lowest BCUT2D eigenvalue weighted by molar-refractivity contribution is 0.0697. The molecule has 92 valence electrons. The van der Waals surface area contributed by atoms with Crippen molar-refractivity contribution in [1.82, 2.24) is 0 Å². The van der Waals surface area contributed by atoms with Crippen molar-refractivity contribution >= 4 is 33.5 Å². The number of ether oxygens (including phenoxy) is 1. The zero-order chi connectivity index (χ0) is 13.1. The zero-order valence-electron chi connectivity index (χ0n) is 9.06. The van der Waals surface area contributed by atoms with E-state index in [0.29, 0.717) is 21.0 Å². The van der Waals surface area contributed by atoms with Gasteiger partial charge in [-0.25, -0.2) is 4.79 Å². The SMILES string of the molecule is O=C(O)c1ccc(Oc2cccc(Cl)c2)c(Br)c1. The molecular weight excluding hydrogens is 319 g/mol. The Kier molecular flexibility index (Phi) is 3.89. The van der Waals surface area contributed by atoms with Crippen LogP contribution in [0, 0.1) is 0 Å². The summed E-state index contributed by atoms with van der Waals surface area (Å²) in [6.07, 6.45) is 0. The highest BCUT2D eigenvalue weighted by Crippen LogP contribution is 2.31. The summed E-state index contributed by atoms with van der Waals surface area (Å²) in [4.78, 5) is 10.8. The van der Waals surface area contributed by atoms with Crippen molar-refractivity contribution < 1.29 is 14.6 Å². The predicted octanol–water partition coefficient (Wildman–Crippen LogP) is 4.59. The summed E-state index contributed by atoms with van der Waals surface area (Å²) < 4.78 is 6.17. The third kappa shape index (κ3) is 3.03. The molecule has 0 spiro atoms. The Balaban J connectivity index is 2.27. The van der Waals surface area contributed by atoms with Crippen molar-refractivity contribution in [3.63, 3.8) is 0 Å². The number of halogens is 2. The summed E-state index contributed by atoms with van der Waals surface area (Å²) in [5, 5.41) is 9.42. The third-order valence-electron chi connectivity index (χ3n) is 2.20. The lowest BCUT2D eigenvalue weighted by Crippen LogP contribution is -1.96. The molecule has 0 atom stereocenters. The molecule has 0 aromatic heterocycles. The van der Waals surface area contributed by atoms with Crippen molar-refractivity contribution in [2.45, 2.75) is 0 Å². The van der Waals surface area contributed by atoms with Crippen LogP contribution >= 0.6 is 27.5 Å². The maximum Gasteiger partial charge on any atom is 0.335 e. The lowest BCUT2D eigenvalue weighted by Gasteiger charge is -2.08. The maximum absolute atomic E-state index is 10.8. The van der Waals surface area contributed by atoms with E-state index in [0.717, 1.165) is 0 Å². The van der Waals surface area contributed by atoms with Gasteiger partial charge < -0.3 is 9.84 Å². The monoisotopic (exact) mass is 326 g/mol. The second-order valence-electron chi connectivity index (χ2n) is 3.51. The van der Waals surface area contributed by atoms with Crippen molar-refractivity contribution in [3.8, 4) is 11.5 Å². The molecule has 0 aliphatic heterocycles.